The summed E-state index contributed by atoms with van der Waals surface area (Å²) in [6.07, 6.45) is 2.31. The highest BCUT2D eigenvalue weighted by Crippen LogP contribution is 2.39. The lowest BCUT2D eigenvalue weighted by molar-refractivity contribution is -0.100. The van der Waals surface area contributed by atoms with Crippen LogP contribution in [-0.4, -0.2) is 47.7 Å². The van der Waals surface area contributed by atoms with E-state index in [0.717, 1.165) is 5.57 Å². The van der Waals surface area contributed by atoms with Gasteiger partial charge in [0.1, 0.15) is 23.1 Å². The molecule has 0 unspecified atom stereocenters. The Balaban J connectivity index is 1.81. The molecule has 2 aromatic heterocycles. The summed E-state index contributed by atoms with van der Waals surface area (Å²) < 4.78 is 52.7. The summed E-state index contributed by atoms with van der Waals surface area (Å²) in [7, 11) is -4.09. The molecule has 0 fully saturated rings. The number of benzene rings is 1. The summed E-state index contributed by atoms with van der Waals surface area (Å²) >= 11 is 0. The first-order valence-corrected chi connectivity index (χ1v) is 15.0. The maximum atomic E-state index is 14.6. The maximum absolute atomic E-state index is 14.6. The van der Waals surface area contributed by atoms with Crippen molar-refractivity contribution in [3.05, 3.63) is 71.7 Å². The number of halogens is 1. The Morgan fingerprint density at radius 3 is 2.49 bits per heavy atom. The van der Waals surface area contributed by atoms with Crippen molar-refractivity contribution in [3.63, 3.8) is 0 Å². The number of aromatic nitrogens is 2. The van der Waals surface area contributed by atoms with Crippen molar-refractivity contribution in [2.24, 2.45) is 5.92 Å². The van der Waals surface area contributed by atoms with Crippen molar-refractivity contribution in [2.45, 2.75) is 64.2 Å². The van der Waals surface area contributed by atoms with Gasteiger partial charge in [-0.05, 0) is 81.7 Å². The molecule has 0 saturated carbocycles. The van der Waals surface area contributed by atoms with Crippen LogP contribution in [0, 0.1) is 11.7 Å². The van der Waals surface area contributed by atoms with Gasteiger partial charge in [-0.15, -0.1) is 0 Å². The SMILES string of the molecule is CC(C)COc1cc(F)cc(-c2ccc(C(=O)CS(=O)(=O)c3cccc(N)n3)c(C3=CC(C)(C)OC(C)(C)C3)n2)c1. The molecule has 10 heteroatoms. The zero-order chi connectivity index (χ0) is 30.2. The predicted octanol–water partition coefficient (Wildman–Crippen LogP) is 5.92. The Kier molecular flexibility index (Phi) is 8.38. The van der Waals surface area contributed by atoms with Crippen LogP contribution < -0.4 is 10.5 Å². The number of hydrogen-bond acceptors (Lipinski definition) is 8. The van der Waals surface area contributed by atoms with E-state index in [2.05, 4.69) is 4.98 Å². The van der Waals surface area contributed by atoms with Crippen LogP contribution in [0.1, 0.15) is 64.0 Å². The molecule has 0 saturated heterocycles. The highest BCUT2D eigenvalue weighted by atomic mass is 32.2. The second kappa shape index (κ2) is 11.3. The van der Waals surface area contributed by atoms with Crippen molar-refractivity contribution >= 4 is 27.0 Å². The van der Waals surface area contributed by atoms with Crippen LogP contribution in [-0.2, 0) is 14.6 Å². The number of nitrogen functional groups attached to an aromatic ring is 1. The number of ether oxygens (including phenoxy) is 2. The molecule has 0 aliphatic carbocycles. The Hall–Kier alpha value is -3.63. The third-order valence-electron chi connectivity index (χ3n) is 6.31. The molecule has 3 aromatic rings. The Labute approximate surface area is 240 Å². The van der Waals surface area contributed by atoms with Gasteiger partial charge in [-0.1, -0.05) is 19.9 Å². The summed E-state index contributed by atoms with van der Waals surface area (Å²) in [6.45, 7) is 12.1. The predicted molar refractivity (Wildman–Crippen MR) is 157 cm³/mol. The van der Waals surface area contributed by atoms with E-state index in [-0.39, 0.29) is 22.3 Å². The van der Waals surface area contributed by atoms with Gasteiger partial charge in [-0.3, -0.25) is 4.79 Å². The number of Topliss-reactive ketones (excluding diaryl/α,β-unsaturated/α-hetero) is 1. The van der Waals surface area contributed by atoms with Gasteiger partial charge in [0, 0.05) is 23.6 Å². The van der Waals surface area contributed by atoms with Gasteiger partial charge in [0.25, 0.3) is 0 Å². The summed E-state index contributed by atoms with van der Waals surface area (Å²) in [4.78, 5) is 22.3. The molecule has 41 heavy (non-hydrogen) atoms. The Morgan fingerprint density at radius 2 is 1.83 bits per heavy atom. The number of carbonyl (C=O) groups is 1. The van der Waals surface area contributed by atoms with Gasteiger partial charge in [0.15, 0.2) is 10.8 Å². The number of hydrogen-bond donors (Lipinski definition) is 1. The van der Waals surface area contributed by atoms with Crippen LogP contribution in [0.25, 0.3) is 16.8 Å². The van der Waals surface area contributed by atoms with E-state index >= 15 is 0 Å². The lowest BCUT2D eigenvalue weighted by atomic mass is 9.86. The van der Waals surface area contributed by atoms with Crippen LogP contribution in [0.2, 0.25) is 0 Å². The molecule has 1 aliphatic rings. The Morgan fingerprint density at radius 1 is 1.10 bits per heavy atom. The van der Waals surface area contributed by atoms with Crippen molar-refractivity contribution in [3.8, 4) is 17.0 Å². The van der Waals surface area contributed by atoms with Crippen molar-refractivity contribution in [1.82, 2.24) is 9.97 Å². The molecule has 1 aromatic carbocycles. The molecule has 218 valence electrons. The molecule has 2 N–H and O–H groups in total. The van der Waals surface area contributed by atoms with Gasteiger partial charge in [-0.2, -0.15) is 0 Å². The van der Waals surface area contributed by atoms with E-state index in [1.54, 1.807) is 12.1 Å². The molecular weight excluding hydrogens is 545 g/mol. The van der Waals surface area contributed by atoms with Crippen LogP contribution in [0.3, 0.4) is 0 Å². The molecule has 0 spiro atoms. The smallest absolute Gasteiger partial charge is 0.203 e. The summed E-state index contributed by atoms with van der Waals surface area (Å²) in [5.74, 6) is -1.30. The van der Waals surface area contributed by atoms with Gasteiger partial charge in [0.2, 0.25) is 9.84 Å². The summed E-state index contributed by atoms with van der Waals surface area (Å²) in [5.41, 5.74) is 6.47. The number of ketones is 1. The van der Waals surface area contributed by atoms with Crippen molar-refractivity contribution in [2.75, 3.05) is 18.1 Å². The number of anilines is 1. The quantitative estimate of drug-likeness (QED) is 0.309. The molecule has 8 nitrogen and oxygen atoms in total. The van der Waals surface area contributed by atoms with E-state index < -0.39 is 38.4 Å². The van der Waals surface area contributed by atoms with Crippen LogP contribution in [0.5, 0.6) is 5.75 Å². The summed E-state index contributed by atoms with van der Waals surface area (Å²) in [5, 5.41) is -0.279. The van der Waals surface area contributed by atoms with E-state index in [1.807, 2.05) is 47.6 Å². The third kappa shape index (κ3) is 7.56. The van der Waals surface area contributed by atoms with Crippen molar-refractivity contribution in [1.29, 1.82) is 0 Å². The minimum atomic E-state index is -4.09. The molecule has 0 amide bonds. The molecule has 0 atom stereocenters. The molecule has 0 radical (unpaired) electrons. The van der Waals surface area contributed by atoms with Crippen molar-refractivity contribution < 1.29 is 27.1 Å². The first-order chi connectivity index (χ1) is 19.0. The van der Waals surface area contributed by atoms with E-state index in [1.165, 1.54) is 36.4 Å². The van der Waals surface area contributed by atoms with Crippen LogP contribution >= 0.6 is 0 Å². The normalized spacial score (nSPS) is 16.3. The second-order valence-corrected chi connectivity index (χ2v) is 13.8. The number of sulfone groups is 1. The Bertz CT molecular complexity index is 1610. The fraction of sp³-hybridized carbons (Fsp3) is 0.387. The lowest BCUT2D eigenvalue weighted by Gasteiger charge is -2.40. The topological polar surface area (TPSA) is 121 Å². The maximum Gasteiger partial charge on any atom is 0.203 e. The number of carbonyl (C=O) groups excluding carboxylic acids is 1. The zero-order valence-corrected chi connectivity index (χ0v) is 25.0. The monoisotopic (exact) mass is 581 g/mol. The van der Waals surface area contributed by atoms with E-state index in [4.69, 9.17) is 20.2 Å². The average molecular weight is 582 g/mol. The van der Waals surface area contributed by atoms with Gasteiger partial charge < -0.3 is 15.2 Å². The summed E-state index contributed by atoms with van der Waals surface area (Å²) in [6, 6.07) is 11.7. The van der Waals surface area contributed by atoms with Crippen LogP contribution in [0.15, 0.2) is 59.6 Å². The average Bonchev–Trinajstić information content (AvgIpc) is 2.84. The molecular formula is C31H36FN3O5S. The molecule has 4 rings (SSSR count). The van der Waals surface area contributed by atoms with Crippen LogP contribution in [0.4, 0.5) is 10.2 Å². The van der Waals surface area contributed by atoms with Gasteiger partial charge in [0.05, 0.1) is 29.2 Å². The molecule has 1 aliphatic heterocycles. The highest BCUT2D eigenvalue weighted by molar-refractivity contribution is 7.92. The minimum absolute atomic E-state index is 0.0360. The fourth-order valence-corrected chi connectivity index (χ4v) is 6.11. The zero-order valence-electron chi connectivity index (χ0n) is 24.2. The first-order valence-electron chi connectivity index (χ1n) is 13.4. The molecule has 3 heterocycles. The number of nitrogens with zero attached hydrogens (tertiary/aromatic N) is 2. The third-order valence-corrected chi connectivity index (χ3v) is 7.82. The number of rotatable bonds is 9. The van der Waals surface area contributed by atoms with Gasteiger partial charge >= 0.3 is 0 Å². The number of pyridine rings is 2. The first kappa shape index (κ1) is 30.3. The standard InChI is InChI=1S/C31H36FN3O5S/c1-19(2)17-39-23-13-20(12-22(32)14-23)25-11-10-24(26(36)18-41(37,38)28-9-7-8-27(33)35-28)29(34-25)21-15-30(3,4)40-31(5,6)16-21/h7-15,19H,16-18H2,1-6H3,(H2,33,35). The second-order valence-electron chi connectivity index (χ2n) is 11.9. The largest absolute Gasteiger partial charge is 0.493 e. The fourth-order valence-electron chi connectivity index (χ4n) is 4.93. The van der Waals surface area contributed by atoms with Gasteiger partial charge in [-0.25, -0.2) is 22.8 Å². The highest BCUT2D eigenvalue weighted by Gasteiger charge is 2.36. The minimum Gasteiger partial charge on any atom is -0.493 e. The molecule has 0 bridgehead atoms. The van der Waals surface area contributed by atoms with E-state index in [9.17, 15) is 17.6 Å². The lowest BCUT2D eigenvalue weighted by Crippen LogP contribution is -2.40. The number of nitrogens with two attached hydrogens (primary N) is 1. The van der Waals surface area contributed by atoms with E-state index in [0.29, 0.717) is 35.7 Å².